The molecule has 0 fully saturated rings. The van der Waals surface area contributed by atoms with Crippen molar-refractivity contribution in [2.45, 2.75) is 6.92 Å². The van der Waals surface area contributed by atoms with Crippen LogP contribution in [-0.4, -0.2) is 18.7 Å². The number of hydrogen-bond donors (Lipinski definition) is 0. The van der Waals surface area contributed by atoms with E-state index in [4.69, 9.17) is 9.15 Å². The van der Waals surface area contributed by atoms with Crippen molar-refractivity contribution in [1.29, 1.82) is 0 Å². The van der Waals surface area contributed by atoms with Gasteiger partial charge in [-0.3, -0.25) is 9.59 Å². The molecule has 0 aliphatic carbocycles. The maximum atomic E-state index is 13.1. The highest BCUT2D eigenvalue weighted by molar-refractivity contribution is 9.10. The van der Waals surface area contributed by atoms with E-state index < -0.39 is 17.2 Å². The molecule has 3 rings (SSSR count). The van der Waals surface area contributed by atoms with Crippen molar-refractivity contribution < 1.29 is 18.7 Å². The second-order valence-corrected chi connectivity index (χ2v) is 6.31. The fourth-order valence-electron chi connectivity index (χ4n) is 2.62. The van der Waals surface area contributed by atoms with E-state index in [2.05, 4.69) is 15.9 Å². The van der Waals surface area contributed by atoms with Crippen LogP contribution in [0.1, 0.15) is 33.2 Å². The molecule has 0 unspecified atom stereocenters. The molecular weight excluding hydrogens is 388 g/mol. The molecule has 6 heteroatoms. The summed E-state index contributed by atoms with van der Waals surface area (Å²) in [6.07, 6.45) is 0. The number of methoxy groups -OCH3 is 1. The number of fused-ring (bicyclic) bond motifs is 1. The molecule has 0 aliphatic rings. The Morgan fingerprint density at radius 3 is 2.32 bits per heavy atom. The van der Waals surface area contributed by atoms with Gasteiger partial charge < -0.3 is 9.15 Å². The van der Waals surface area contributed by atoms with Gasteiger partial charge >= 0.3 is 5.63 Å². The minimum atomic E-state index is -0.820. The Bertz CT molecular complexity index is 1050. The van der Waals surface area contributed by atoms with Gasteiger partial charge in [-0.15, -0.1) is 0 Å². The smallest absolute Gasteiger partial charge is 0.347 e. The molecular formula is C19H13BrO5. The number of ketones is 2. The van der Waals surface area contributed by atoms with E-state index in [1.54, 1.807) is 42.5 Å². The van der Waals surface area contributed by atoms with E-state index in [1.165, 1.54) is 14.0 Å². The Morgan fingerprint density at radius 1 is 1.04 bits per heavy atom. The first-order chi connectivity index (χ1) is 11.9. The molecule has 1 aromatic heterocycles. The van der Waals surface area contributed by atoms with E-state index in [0.29, 0.717) is 21.2 Å². The lowest BCUT2D eigenvalue weighted by molar-refractivity contribution is 0.0987. The summed E-state index contributed by atoms with van der Waals surface area (Å²) in [5, 5.41) is 0.403. The maximum Gasteiger partial charge on any atom is 0.347 e. The third-order valence-electron chi connectivity index (χ3n) is 3.80. The second-order valence-electron chi connectivity index (χ2n) is 5.39. The van der Waals surface area contributed by atoms with Gasteiger partial charge in [0.2, 0.25) is 0 Å². The number of ether oxygens (including phenoxy) is 1. The number of rotatable bonds is 4. The molecule has 25 heavy (non-hydrogen) atoms. The number of hydrogen-bond acceptors (Lipinski definition) is 5. The number of halogens is 1. The van der Waals surface area contributed by atoms with Crippen LogP contribution in [0.4, 0.5) is 0 Å². The van der Waals surface area contributed by atoms with Crippen LogP contribution >= 0.6 is 15.9 Å². The van der Waals surface area contributed by atoms with Gasteiger partial charge in [0.25, 0.3) is 0 Å². The summed E-state index contributed by atoms with van der Waals surface area (Å²) < 4.78 is 11.0. The molecule has 3 aromatic rings. The normalized spacial score (nSPS) is 10.7. The van der Waals surface area contributed by atoms with Gasteiger partial charge in [0, 0.05) is 15.4 Å². The Morgan fingerprint density at radius 2 is 1.72 bits per heavy atom. The molecule has 2 aromatic carbocycles. The van der Waals surface area contributed by atoms with E-state index in [0.717, 1.165) is 0 Å². The molecule has 0 atom stereocenters. The number of carbonyl (C=O) groups is 2. The van der Waals surface area contributed by atoms with Crippen LogP contribution in [0.2, 0.25) is 0 Å². The minimum absolute atomic E-state index is 0.0465. The lowest BCUT2D eigenvalue weighted by atomic mass is 9.94. The summed E-state index contributed by atoms with van der Waals surface area (Å²) in [6, 6.07) is 11.4. The average Bonchev–Trinajstić information content (AvgIpc) is 2.60. The zero-order chi connectivity index (χ0) is 18.1. The van der Waals surface area contributed by atoms with Gasteiger partial charge in [-0.25, -0.2) is 4.79 Å². The van der Waals surface area contributed by atoms with Gasteiger partial charge in [-0.05, 0) is 49.4 Å². The molecule has 0 saturated carbocycles. The summed E-state index contributed by atoms with van der Waals surface area (Å²) >= 11 is 3.34. The summed E-state index contributed by atoms with van der Waals surface area (Å²) in [5.41, 5.74) is -0.430. The first-order valence-corrected chi connectivity index (χ1v) is 8.17. The van der Waals surface area contributed by atoms with Crippen molar-refractivity contribution in [1.82, 2.24) is 0 Å². The zero-order valence-corrected chi connectivity index (χ0v) is 15.0. The monoisotopic (exact) mass is 400 g/mol. The molecule has 0 saturated heterocycles. The topological polar surface area (TPSA) is 73.6 Å². The van der Waals surface area contributed by atoms with Crippen LogP contribution in [-0.2, 0) is 0 Å². The van der Waals surface area contributed by atoms with Gasteiger partial charge in [0.15, 0.2) is 11.6 Å². The standard InChI is InChI=1S/C19H13BrO5/c1-10(21)16-17(18(22)11-3-6-13(24-2)7-4-11)14-9-12(20)5-8-15(14)25-19(16)23/h3-9H,1-2H3. The fraction of sp³-hybridized carbons (Fsp3) is 0.105. The Balaban J connectivity index is 2.33. The Kier molecular flexibility index (Phi) is 4.55. The molecule has 0 spiro atoms. The first-order valence-electron chi connectivity index (χ1n) is 7.38. The van der Waals surface area contributed by atoms with E-state index in [1.807, 2.05) is 0 Å². The molecule has 0 amide bonds. The summed E-state index contributed by atoms with van der Waals surface area (Å²) in [7, 11) is 1.53. The van der Waals surface area contributed by atoms with Crippen molar-refractivity contribution >= 4 is 38.5 Å². The highest BCUT2D eigenvalue weighted by atomic mass is 79.9. The number of Topliss-reactive ketones (excluding diaryl/α,β-unsaturated/α-hetero) is 1. The van der Waals surface area contributed by atoms with Gasteiger partial charge in [0.05, 0.1) is 12.7 Å². The first kappa shape index (κ1) is 17.1. The van der Waals surface area contributed by atoms with Crippen LogP contribution in [0.15, 0.2) is 56.1 Å². The second kappa shape index (κ2) is 6.64. The van der Waals surface area contributed by atoms with Crippen molar-refractivity contribution in [3.05, 3.63) is 74.0 Å². The lowest BCUT2D eigenvalue weighted by Crippen LogP contribution is -2.19. The minimum Gasteiger partial charge on any atom is -0.497 e. The molecule has 0 bridgehead atoms. The van der Waals surface area contributed by atoms with E-state index >= 15 is 0 Å². The maximum absolute atomic E-state index is 13.1. The molecule has 126 valence electrons. The van der Waals surface area contributed by atoms with Crippen LogP contribution < -0.4 is 10.4 Å². The number of benzene rings is 2. The van der Waals surface area contributed by atoms with Crippen LogP contribution in [0.3, 0.4) is 0 Å². The van der Waals surface area contributed by atoms with Crippen molar-refractivity contribution in [2.75, 3.05) is 7.11 Å². The van der Waals surface area contributed by atoms with Crippen molar-refractivity contribution in [3.63, 3.8) is 0 Å². The molecule has 0 N–H and O–H groups in total. The van der Waals surface area contributed by atoms with Crippen molar-refractivity contribution in [3.8, 4) is 5.75 Å². The lowest BCUT2D eigenvalue weighted by Gasteiger charge is -2.10. The molecule has 0 aliphatic heterocycles. The van der Waals surface area contributed by atoms with Crippen LogP contribution in [0.25, 0.3) is 11.0 Å². The average molecular weight is 401 g/mol. The SMILES string of the molecule is COc1ccc(C(=O)c2c(C(C)=O)c(=O)oc3ccc(Br)cc23)cc1. The Labute approximate surface area is 151 Å². The van der Waals surface area contributed by atoms with E-state index in [-0.39, 0.29) is 16.7 Å². The highest BCUT2D eigenvalue weighted by Gasteiger charge is 2.24. The van der Waals surface area contributed by atoms with Crippen molar-refractivity contribution in [2.24, 2.45) is 0 Å². The van der Waals surface area contributed by atoms with E-state index in [9.17, 15) is 14.4 Å². The quantitative estimate of drug-likeness (QED) is 0.488. The fourth-order valence-corrected chi connectivity index (χ4v) is 2.98. The zero-order valence-electron chi connectivity index (χ0n) is 13.5. The third kappa shape index (κ3) is 3.13. The van der Waals surface area contributed by atoms with Gasteiger partial charge in [0.1, 0.15) is 16.9 Å². The molecule has 0 radical (unpaired) electrons. The summed E-state index contributed by atoms with van der Waals surface area (Å²) in [4.78, 5) is 37.3. The highest BCUT2D eigenvalue weighted by Crippen LogP contribution is 2.27. The largest absolute Gasteiger partial charge is 0.497 e. The third-order valence-corrected chi connectivity index (χ3v) is 4.29. The van der Waals surface area contributed by atoms with Crippen LogP contribution in [0, 0.1) is 0 Å². The van der Waals surface area contributed by atoms with Gasteiger partial charge in [-0.2, -0.15) is 0 Å². The van der Waals surface area contributed by atoms with Gasteiger partial charge in [-0.1, -0.05) is 15.9 Å². The Hall–Kier alpha value is -2.73. The predicted molar refractivity (Wildman–Crippen MR) is 96.6 cm³/mol. The number of carbonyl (C=O) groups excluding carboxylic acids is 2. The summed E-state index contributed by atoms with van der Waals surface area (Å²) in [5.74, 6) is -0.347. The summed E-state index contributed by atoms with van der Waals surface area (Å²) in [6.45, 7) is 1.24. The van der Waals surface area contributed by atoms with Crippen LogP contribution in [0.5, 0.6) is 5.75 Å². The molecule has 5 nitrogen and oxygen atoms in total. The predicted octanol–water partition coefficient (Wildman–Crippen LogP) is 4.00. The molecule has 1 heterocycles.